The van der Waals surface area contributed by atoms with Crippen LogP contribution in [0.2, 0.25) is 0 Å². The van der Waals surface area contributed by atoms with Crippen molar-refractivity contribution in [3.63, 3.8) is 0 Å². The number of nitrogens with zero attached hydrogens (tertiary/aromatic N) is 5. The number of hydrogen-bond acceptors (Lipinski definition) is 7. The SMILES string of the molecule is COc1ccnc(NC2CCN(c3ncnc(C)c3F)C2)n1. The summed E-state index contributed by atoms with van der Waals surface area (Å²) in [6, 6.07) is 1.81. The highest BCUT2D eigenvalue weighted by atomic mass is 19.1. The molecule has 22 heavy (non-hydrogen) atoms. The predicted molar refractivity (Wildman–Crippen MR) is 79.6 cm³/mol. The van der Waals surface area contributed by atoms with Crippen LogP contribution in [0.15, 0.2) is 18.6 Å². The normalized spacial score (nSPS) is 17.6. The van der Waals surface area contributed by atoms with E-state index >= 15 is 0 Å². The number of anilines is 2. The molecule has 1 unspecified atom stereocenters. The van der Waals surface area contributed by atoms with Crippen LogP contribution >= 0.6 is 0 Å². The number of ether oxygens (including phenoxy) is 1. The quantitative estimate of drug-likeness (QED) is 0.915. The molecule has 0 saturated carbocycles. The molecule has 1 aliphatic heterocycles. The van der Waals surface area contributed by atoms with E-state index in [1.54, 1.807) is 26.3 Å². The Labute approximate surface area is 127 Å². The van der Waals surface area contributed by atoms with Crippen LogP contribution in [0.4, 0.5) is 16.2 Å². The standard InChI is InChI=1S/C14H17FN6O/c1-9-12(15)13(18-8-17-9)21-6-4-10(7-21)19-14-16-5-3-11(20-14)22-2/h3,5,8,10H,4,6-7H2,1-2H3,(H,16,19,20). The number of halogens is 1. The van der Waals surface area contributed by atoms with E-state index in [1.165, 1.54) is 6.33 Å². The topological polar surface area (TPSA) is 76.1 Å². The van der Waals surface area contributed by atoms with E-state index in [1.807, 2.05) is 4.90 Å². The second-order valence-corrected chi connectivity index (χ2v) is 5.10. The monoisotopic (exact) mass is 304 g/mol. The third-order valence-electron chi connectivity index (χ3n) is 3.61. The molecular formula is C14H17FN6O. The first-order valence-electron chi connectivity index (χ1n) is 7.03. The van der Waals surface area contributed by atoms with Gasteiger partial charge in [0, 0.05) is 31.4 Å². The van der Waals surface area contributed by atoms with Gasteiger partial charge < -0.3 is 15.0 Å². The van der Waals surface area contributed by atoms with E-state index in [0.29, 0.717) is 29.9 Å². The second kappa shape index (κ2) is 6.08. The van der Waals surface area contributed by atoms with Gasteiger partial charge in [-0.3, -0.25) is 0 Å². The average molecular weight is 304 g/mol. The Kier molecular flexibility index (Phi) is 3.99. The first-order chi connectivity index (χ1) is 10.7. The largest absolute Gasteiger partial charge is 0.481 e. The van der Waals surface area contributed by atoms with Crippen LogP contribution in [-0.4, -0.2) is 46.2 Å². The predicted octanol–water partition coefficient (Wildman–Crippen LogP) is 1.41. The molecular weight excluding hydrogens is 287 g/mol. The summed E-state index contributed by atoms with van der Waals surface area (Å²) in [5.41, 5.74) is 0.359. The van der Waals surface area contributed by atoms with Crippen molar-refractivity contribution >= 4 is 11.8 Å². The van der Waals surface area contributed by atoms with Crippen molar-refractivity contribution < 1.29 is 9.13 Å². The summed E-state index contributed by atoms with van der Waals surface area (Å²) in [5.74, 6) is 1.000. The third kappa shape index (κ3) is 2.90. The second-order valence-electron chi connectivity index (χ2n) is 5.10. The van der Waals surface area contributed by atoms with Gasteiger partial charge in [0.05, 0.1) is 12.8 Å². The zero-order valence-corrected chi connectivity index (χ0v) is 12.5. The zero-order chi connectivity index (χ0) is 15.5. The Morgan fingerprint density at radius 1 is 1.36 bits per heavy atom. The lowest BCUT2D eigenvalue weighted by atomic mass is 10.3. The first kappa shape index (κ1) is 14.4. The van der Waals surface area contributed by atoms with E-state index in [2.05, 4.69) is 25.3 Å². The molecule has 0 amide bonds. The molecule has 2 aromatic rings. The summed E-state index contributed by atoms with van der Waals surface area (Å²) in [6.45, 7) is 2.99. The summed E-state index contributed by atoms with van der Waals surface area (Å²) in [6.07, 6.45) is 3.87. The Bertz CT molecular complexity index is 668. The van der Waals surface area contributed by atoms with Gasteiger partial charge in [-0.05, 0) is 13.3 Å². The summed E-state index contributed by atoms with van der Waals surface area (Å²) >= 11 is 0. The lowest BCUT2D eigenvalue weighted by molar-refractivity contribution is 0.397. The van der Waals surface area contributed by atoms with Crippen LogP contribution in [0, 0.1) is 12.7 Å². The molecule has 116 valence electrons. The first-order valence-corrected chi connectivity index (χ1v) is 7.03. The fourth-order valence-electron chi connectivity index (χ4n) is 2.44. The van der Waals surface area contributed by atoms with Crippen LogP contribution < -0.4 is 15.0 Å². The Morgan fingerprint density at radius 3 is 3.05 bits per heavy atom. The third-order valence-corrected chi connectivity index (χ3v) is 3.61. The van der Waals surface area contributed by atoms with Gasteiger partial charge in [0.1, 0.15) is 6.33 Å². The van der Waals surface area contributed by atoms with Crippen LogP contribution in [0.5, 0.6) is 5.88 Å². The Morgan fingerprint density at radius 2 is 2.23 bits per heavy atom. The van der Waals surface area contributed by atoms with Crippen molar-refractivity contribution in [1.82, 2.24) is 19.9 Å². The van der Waals surface area contributed by atoms with Crippen LogP contribution in [0.25, 0.3) is 0 Å². The molecule has 1 aliphatic rings. The van der Waals surface area contributed by atoms with Crippen LogP contribution in [-0.2, 0) is 0 Å². The van der Waals surface area contributed by atoms with Crippen molar-refractivity contribution in [2.24, 2.45) is 0 Å². The molecule has 3 rings (SSSR count). The van der Waals surface area contributed by atoms with Gasteiger partial charge in [-0.15, -0.1) is 0 Å². The lowest BCUT2D eigenvalue weighted by Gasteiger charge is -2.18. The molecule has 1 atom stereocenters. The highest BCUT2D eigenvalue weighted by molar-refractivity contribution is 5.43. The van der Waals surface area contributed by atoms with E-state index in [-0.39, 0.29) is 11.9 Å². The summed E-state index contributed by atoms with van der Waals surface area (Å²) in [7, 11) is 1.56. The maximum atomic E-state index is 14.1. The highest BCUT2D eigenvalue weighted by Crippen LogP contribution is 2.23. The van der Waals surface area contributed by atoms with Gasteiger partial charge in [0.2, 0.25) is 11.8 Å². The molecule has 0 radical (unpaired) electrons. The van der Waals surface area contributed by atoms with Gasteiger partial charge in [0.15, 0.2) is 11.6 Å². The van der Waals surface area contributed by atoms with E-state index in [0.717, 1.165) is 13.0 Å². The Balaban J connectivity index is 1.68. The zero-order valence-electron chi connectivity index (χ0n) is 12.5. The molecule has 0 aromatic carbocycles. The fraction of sp³-hybridized carbons (Fsp3) is 0.429. The van der Waals surface area contributed by atoms with E-state index < -0.39 is 0 Å². The minimum Gasteiger partial charge on any atom is -0.481 e. The molecule has 2 aromatic heterocycles. The minimum absolute atomic E-state index is 0.127. The van der Waals surface area contributed by atoms with Gasteiger partial charge >= 0.3 is 0 Å². The molecule has 1 N–H and O–H groups in total. The molecule has 7 nitrogen and oxygen atoms in total. The number of aromatic nitrogens is 4. The lowest BCUT2D eigenvalue weighted by Crippen LogP contribution is -2.28. The van der Waals surface area contributed by atoms with Gasteiger partial charge in [0.25, 0.3) is 0 Å². The van der Waals surface area contributed by atoms with Crippen molar-refractivity contribution in [3.05, 3.63) is 30.1 Å². The minimum atomic E-state index is -0.360. The smallest absolute Gasteiger partial charge is 0.226 e. The maximum absolute atomic E-state index is 14.1. The Hall–Kier alpha value is -2.51. The number of rotatable bonds is 4. The van der Waals surface area contributed by atoms with Gasteiger partial charge in [-0.25, -0.2) is 19.3 Å². The molecule has 1 fully saturated rings. The molecule has 0 aliphatic carbocycles. The molecule has 1 saturated heterocycles. The van der Waals surface area contributed by atoms with Crippen molar-refractivity contribution in [2.45, 2.75) is 19.4 Å². The maximum Gasteiger partial charge on any atom is 0.226 e. The van der Waals surface area contributed by atoms with Gasteiger partial charge in [-0.1, -0.05) is 0 Å². The van der Waals surface area contributed by atoms with Gasteiger partial charge in [-0.2, -0.15) is 4.98 Å². The average Bonchev–Trinajstić information content (AvgIpc) is 2.98. The summed E-state index contributed by atoms with van der Waals surface area (Å²) in [5, 5.41) is 3.24. The molecule has 8 heteroatoms. The summed E-state index contributed by atoms with van der Waals surface area (Å²) in [4.78, 5) is 18.2. The van der Waals surface area contributed by atoms with Crippen molar-refractivity contribution in [2.75, 3.05) is 30.4 Å². The molecule has 0 bridgehead atoms. The van der Waals surface area contributed by atoms with E-state index in [4.69, 9.17) is 4.74 Å². The number of nitrogens with one attached hydrogen (secondary N) is 1. The van der Waals surface area contributed by atoms with E-state index in [9.17, 15) is 4.39 Å². The molecule has 0 spiro atoms. The number of aryl methyl sites for hydroxylation is 1. The number of methoxy groups -OCH3 is 1. The van der Waals surface area contributed by atoms with Crippen molar-refractivity contribution in [3.8, 4) is 5.88 Å². The fourth-order valence-corrected chi connectivity index (χ4v) is 2.44. The molecule has 3 heterocycles. The summed E-state index contributed by atoms with van der Waals surface area (Å²) < 4.78 is 19.1. The number of hydrogen-bond donors (Lipinski definition) is 1. The highest BCUT2D eigenvalue weighted by Gasteiger charge is 2.26. The van der Waals surface area contributed by atoms with Crippen molar-refractivity contribution in [1.29, 1.82) is 0 Å². The van der Waals surface area contributed by atoms with Crippen LogP contribution in [0.1, 0.15) is 12.1 Å². The van der Waals surface area contributed by atoms with Crippen LogP contribution in [0.3, 0.4) is 0 Å².